The molecule has 0 fully saturated rings. The van der Waals surface area contributed by atoms with E-state index in [1.54, 1.807) is 0 Å². The van der Waals surface area contributed by atoms with Gasteiger partial charge in [-0.2, -0.15) is 0 Å². The number of aryl methyl sites for hydroxylation is 1. The van der Waals surface area contributed by atoms with Crippen molar-refractivity contribution in [1.29, 1.82) is 0 Å². The predicted molar refractivity (Wildman–Crippen MR) is 80.6 cm³/mol. The third-order valence-corrected chi connectivity index (χ3v) is 3.12. The van der Waals surface area contributed by atoms with Crippen molar-refractivity contribution in [3.8, 4) is 0 Å². The van der Waals surface area contributed by atoms with Gasteiger partial charge in [0, 0.05) is 5.69 Å². The minimum atomic E-state index is 0.0125. The molecule has 106 valence electrons. The summed E-state index contributed by atoms with van der Waals surface area (Å²) in [4.78, 5) is 13.9. The minimum Gasteiger partial charge on any atom is -0.325 e. The van der Waals surface area contributed by atoms with E-state index >= 15 is 0 Å². The van der Waals surface area contributed by atoms with E-state index in [2.05, 4.69) is 15.5 Å². The van der Waals surface area contributed by atoms with Crippen LogP contribution < -0.4 is 10.6 Å². The molecular weight excluding hydrogens is 238 g/mol. The number of benzene rings is 1. The quantitative estimate of drug-likeness (QED) is 0.737. The fourth-order valence-electron chi connectivity index (χ4n) is 1.80. The molecule has 0 aromatic heterocycles. The Balaban J connectivity index is 2.29. The molecule has 2 N–H and O–H groups in total. The largest absolute Gasteiger partial charge is 0.325 e. The van der Waals surface area contributed by atoms with Gasteiger partial charge in [0.05, 0.1) is 6.54 Å². The fourth-order valence-corrected chi connectivity index (χ4v) is 1.80. The molecule has 0 aliphatic carbocycles. The van der Waals surface area contributed by atoms with Crippen molar-refractivity contribution < 1.29 is 4.79 Å². The monoisotopic (exact) mass is 263 g/mol. The van der Waals surface area contributed by atoms with E-state index in [0.29, 0.717) is 6.54 Å². The maximum atomic E-state index is 11.8. The molecule has 0 aliphatic heterocycles. The Morgan fingerprint density at radius 3 is 2.68 bits per heavy atom. The van der Waals surface area contributed by atoms with E-state index in [1.807, 2.05) is 46.1 Å². The minimum absolute atomic E-state index is 0.0125. The first-order valence-electron chi connectivity index (χ1n) is 6.72. The molecule has 1 amide bonds. The molecule has 0 aliphatic rings. The average Bonchev–Trinajstić information content (AvgIpc) is 2.34. The number of nitrogens with one attached hydrogen (secondary N) is 2. The van der Waals surface area contributed by atoms with Crippen LogP contribution in [0.2, 0.25) is 0 Å². The molecule has 0 saturated heterocycles. The van der Waals surface area contributed by atoms with Crippen LogP contribution in [-0.4, -0.2) is 44.5 Å². The van der Waals surface area contributed by atoms with Crippen LogP contribution in [0.1, 0.15) is 17.5 Å². The van der Waals surface area contributed by atoms with Crippen molar-refractivity contribution in [2.24, 2.45) is 0 Å². The van der Waals surface area contributed by atoms with Crippen LogP contribution in [0, 0.1) is 13.8 Å². The maximum absolute atomic E-state index is 11.8. The summed E-state index contributed by atoms with van der Waals surface area (Å²) < 4.78 is 0. The SMILES string of the molecule is Cc1cccc(NC(=O)CNCCCN(C)C)c1C. The molecule has 1 aromatic rings. The highest BCUT2D eigenvalue weighted by atomic mass is 16.1. The highest BCUT2D eigenvalue weighted by Gasteiger charge is 2.05. The second-order valence-corrected chi connectivity index (χ2v) is 5.13. The summed E-state index contributed by atoms with van der Waals surface area (Å²) in [7, 11) is 4.10. The van der Waals surface area contributed by atoms with Gasteiger partial charge in [0.1, 0.15) is 0 Å². The van der Waals surface area contributed by atoms with Crippen LogP contribution in [0.5, 0.6) is 0 Å². The number of hydrogen-bond acceptors (Lipinski definition) is 3. The zero-order valence-electron chi connectivity index (χ0n) is 12.4. The van der Waals surface area contributed by atoms with Crippen LogP contribution in [0.3, 0.4) is 0 Å². The van der Waals surface area contributed by atoms with Gasteiger partial charge in [0.25, 0.3) is 0 Å². The molecule has 4 nitrogen and oxygen atoms in total. The van der Waals surface area contributed by atoms with E-state index in [1.165, 1.54) is 5.56 Å². The van der Waals surface area contributed by atoms with Crippen molar-refractivity contribution in [2.45, 2.75) is 20.3 Å². The van der Waals surface area contributed by atoms with Crippen LogP contribution in [0.25, 0.3) is 0 Å². The summed E-state index contributed by atoms with van der Waals surface area (Å²) in [5.74, 6) is 0.0125. The van der Waals surface area contributed by atoms with E-state index in [0.717, 1.165) is 30.8 Å². The van der Waals surface area contributed by atoms with Crippen LogP contribution in [0.4, 0.5) is 5.69 Å². The highest BCUT2D eigenvalue weighted by molar-refractivity contribution is 5.93. The van der Waals surface area contributed by atoms with Crippen molar-refractivity contribution in [3.63, 3.8) is 0 Å². The predicted octanol–water partition coefficient (Wildman–Crippen LogP) is 1.78. The maximum Gasteiger partial charge on any atom is 0.238 e. The lowest BCUT2D eigenvalue weighted by Gasteiger charge is -2.12. The van der Waals surface area contributed by atoms with Gasteiger partial charge in [-0.05, 0) is 64.6 Å². The van der Waals surface area contributed by atoms with Gasteiger partial charge in [-0.3, -0.25) is 4.79 Å². The molecule has 0 saturated carbocycles. The average molecular weight is 263 g/mol. The van der Waals surface area contributed by atoms with Crippen LogP contribution >= 0.6 is 0 Å². The molecule has 0 spiro atoms. The number of nitrogens with zero attached hydrogens (tertiary/aromatic N) is 1. The lowest BCUT2D eigenvalue weighted by atomic mass is 10.1. The number of hydrogen-bond donors (Lipinski definition) is 2. The van der Waals surface area contributed by atoms with Gasteiger partial charge in [0.15, 0.2) is 0 Å². The fraction of sp³-hybridized carbons (Fsp3) is 0.533. The highest BCUT2D eigenvalue weighted by Crippen LogP contribution is 2.17. The van der Waals surface area contributed by atoms with Crippen LogP contribution in [0.15, 0.2) is 18.2 Å². The summed E-state index contributed by atoms with van der Waals surface area (Å²) in [6.45, 7) is 6.32. The Hall–Kier alpha value is -1.39. The molecule has 0 radical (unpaired) electrons. The topological polar surface area (TPSA) is 44.4 Å². The Labute approximate surface area is 116 Å². The molecule has 1 rings (SSSR count). The Bertz CT molecular complexity index is 416. The number of rotatable bonds is 7. The van der Waals surface area contributed by atoms with Gasteiger partial charge in [0.2, 0.25) is 5.91 Å². The Morgan fingerprint density at radius 2 is 2.00 bits per heavy atom. The zero-order chi connectivity index (χ0) is 14.3. The van der Waals surface area contributed by atoms with Crippen molar-refractivity contribution in [2.75, 3.05) is 39.0 Å². The van der Waals surface area contributed by atoms with Gasteiger partial charge in [-0.1, -0.05) is 12.1 Å². The van der Waals surface area contributed by atoms with E-state index in [9.17, 15) is 4.79 Å². The van der Waals surface area contributed by atoms with E-state index < -0.39 is 0 Å². The summed E-state index contributed by atoms with van der Waals surface area (Å²) in [5, 5.41) is 6.09. The van der Waals surface area contributed by atoms with Crippen molar-refractivity contribution in [1.82, 2.24) is 10.2 Å². The van der Waals surface area contributed by atoms with Crippen molar-refractivity contribution in [3.05, 3.63) is 29.3 Å². The molecule has 1 aromatic carbocycles. The molecule has 0 atom stereocenters. The van der Waals surface area contributed by atoms with Crippen LogP contribution in [-0.2, 0) is 4.79 Å². The number of anilines is 1. The van der Waals surface area contributed by atoms with E-state index in [4.69, 9.17) is 0 Å². The van der Waals surface area contributed by atoms with Gasteiger partial charge in [-0.15, -0.1) is 0 Å². The summed E-state index contributed by atoms with van der Waals surface area (Å²) in [5.41, 5.74) is 3.22. The summed E-state index contributed by atoms with van der Waals surface area (Å²) >= 11 is 0. The number of amides is 1. The normalized spacial score (nSPS) is 10.8. The molecule has 19 heavy (non-hydrogen) atoms. The van der Waals surface area contributed by atoms with Crippen molar-refractivity contribution >= 4 is 11.6 Å². The van der Waals surface area contributed by atoms with E-state index in [-0.39, 0.29) is 5.91 Å². The number of carbonyl (C=O) groups excluding carboxylic acids is 1. The lowest BCUT2D eigenvalue weighted by Crippen LogP contribution is -2.30. The second kappa shape index (κ2) is 7.92. The molecule has 4 heteroatoms. The number of carbonyl (C=O) groups is 1. The third kappa shape index (κ3) is 5.85. The first kappa shape index (κ1) is 15.7. The van der Waals surface area contributed by atoms with Gasteiger partial charge in [-0.25, -0.2) is 0 Å². The molecule has 0 heterocycles. The summed E-state index contributed by atoms with van der Waals surface area (Å²) in [6.07, 6.45) is 1.05. The molecule has 0 unspecified atom stereocenters. The third-order valence-electron chi connectivity index (χ3n) is 3.12. The van der Waals surface area contributed by atoms with Gasteiger partial charge >= 0.3 is 0 Å². The second-order valence-electron chi connectivity index (χ2n) is 5.13. The zero-order valence-corrected chi connectivity index (χ0v) is 12.4. The first-order chi connectivity index (χ1) is 9.00. The first-order valence-corrected chi connectivity index (χ1v) is 6.72. The molecule has 0 bridgehead atoms. The Morgan fingerprint density at radius 1 is 1.26 bits per heavy atom. The molecular formula is C15H25N3O. The Kier molecular flexibility index (Phi) is 6.53. The smallest absolute Gasteiger partial charge is 0.238 e. The standard InChI is InChI=1S/C15H25N3O/c1-12-7-5-8-14(13(12)2)17-15(19)11-16-9-6-10-18(3)4/h5,7-8,16H,6,9-11H2,1-4H3,(H,17,19). The van der Waals surface area contributed by atoms with Gasteiger partial charge < -0.3 is 15.5 Å². The lowest BCUT2D eigenvalue weighted by molar-refractivity contribution is -0.115. The summed E-state index contributed by atoms with van der Waals surface area (Å²) in [6, 6.07) is 5.94.